The fraction of sp³-hybridized carbons (Fsp3) is 0.571. The van der Waals surface area contributed by atoms with Crippen molar-refractivity contribution in [3.05, 3.63) is 22.1 Å². The molecule has 0 aromatic carbocycles. The SMILES string of the molecule is CC(C)[C@H](N)c1ncc([N+](=O)[O-])[nH]1. The van der Waals surface area contributed by atoms with Gasteiger partial charge in [0.1, 0.15) is 6.20 Å². The molecule has 1 atom stereocenters. The summed E-state index contributed by atoms with van der Waals surface area (Å²) in [7, 11) is 0. The first-order valence-electron chi connectivity index (χ1n) is 3.97. The molecule has 1 rings (SSSR count). The van der Waals surface area contributed by atoms with E-state index in [1.165, 1.54) is 6.20 Å². The highest BCUT2D eigenvalue weighted by atomic mass is 16.6. The van der Waals surface area contributed by atoms with Crippen molar-refractivity contribution in [3.8, 4) is 0 Å². The second kappa shape index (κ2) is 3.53. The van der Waals surface area contributed by atoms with E-state index in [0.717, 1.165) is 0 Å². The minimum atomic E-state index is -0.524. The Morgan fingerprint density at radius 2 is 2.31 bits per heavy atom. The zero-order valence-corrected chi connectivity index (χ0v) is 7.52. The average Bonchev–Trinajstić information content (AvgIpc) is 2.50. The summed E-state index contributed by atoms with van der Waals surface area (Å²) >= 11 is 0. The van der Waals surface area contributed by atoms with Gasteiger partial charge in [-0.15, -0.1) is 0 Å². The Bertz CT molecular complexity index is 307. The van der Waals surface area contributed by atoms with E-state index >= 15 is 0 Å². The number of hydrogen-bond acceptors (Lipinski definition) is 4. The topological polar surface area (TPSA) is 97.8 Å². The van der Waals surface area contributed by atoms with Crippen molar-refractivity contribution in [1.29, 1.82) is 0 Å². The fourth-order valence-corrected chi connectivity index (χ4v) is 0.904. The number of nitro groups is 1. The maximum absolute atomic E-state index is 10.3. The van der Waals surface area contributed by atoms with Gasteiger partial charge in [-0.25, -0.2) is 9.97 Å². The van der Waals surface area contributed by atoms with Crippen LogP contribution < -0.4 is 5.73 Å². The molecule has 1 heterocycles. The highest BCUT2D eigenvalue weighted by molar-refractivity contribution is 5.16. The van der Waals surface area contributed by atoms with Gasteiger partial charge in [0.2, 0.25) is 5.82 Å². The Morgan fingerprint density at radius 1 is 1.69 bits per heavy atom. The van der Waals surface area contributed by atoms with Crippen LogP contribution in [0, 0.1) is 16.0 Å². The van der Waals surface area contributed by atoms with E-state index in [4.69, 9.17) is 5.73 Å². The number of nitrogens with one attached hydrogen (secondary N) is 1. The zero-order valence-electron chi connectivity index (χ0n) is 7.52. The lowest BCUT2D eigenvalue weighted by Gasteiger charge is -2.09. The van der Waals surface area contributed by atoms with E-state index in [1.807, 2.05) is 13.8 Å². The summed E-state index contributed by atoms with van der Waals surface area (Å²) in [6.07, 6.45) is 1.18. The lowest BCUT2D eigenvalue weighted by molar-refractivity contribution is -0.389. The molecule has 6 heteroatoms. The zero-order chi connectivity index (χ0) is 10.0. The van der Waals surface area contributed by atoms with E-state index in [9.17, 15) is 10.1 Å². The molecule has 0 aliphatic carbocycles. The molecule has 0 aliphatic rings. The van der Waals surface area contributed by atoms with Crippen molar-refractivity contribution in [2.75, 3.05) is 0 Å². The van der Waals surface area contributed by atoms with Crippen LogP contribution in [0.1, 0.15) is 25.7 Å². The van der Waals surface area contributed by atoms with Gasteiger partial charge >= 0.3 is 5.82 Å². The van der Waals surface area contributed by atoms with Crippen LogP contribution in [-0.4, -0.2) is 14.9 Å². The lowest BCUT2D eigenvalue weighted by atomic mass is 10.1. The summed E-state index contributed by atoms with van der Waals surface area (Å²) < 4.78 is 0. The van der Waals surface area contributed by atoms with E-state index in [1.54, 1.807) is 0 Å². The summed E-state index contributed by atoms with van der Waals surface area (Å²) in [5, 5.41) is 10.3. The number of rotatable bonds is 3. The largest absolute Gasteiger partial charge is 0.358 e. The third-order valence-corrected chi connectivity index (χ3v) is 1.81. The molecule has 0 saturated heterocycles. The van der Waals surface area contributed by atoms with Gasteiger partial charge in [0.05, 0.1) is 6.04 Å². The molecule has 0 aliphatic heterocycles. The van der Waals surface area contributed by atoms with Crippen molar-refractivity contribution >= 4 is 5.82 Å². The van der Waals surface area contributed by atoms with Crippen molar-refractivity contribution in [3.63, 3.8) is 0 Å². The number of aromatic nitrogens is 2. The molecule has 0 spiro atoms. The third-order valence-electron chi connectivity index (χ3n) is 1.81. The molecule has 0 unspecified atom stereocenters. The molecule has 13 heavy (non-hydrogen) atoms. The molecule has 0 amide bonds. The smallest absolute Gasteiger partial charge is 0.340 e. The average molecular weight is 184 g/mol. The molecule has 3 N–H and O–H groups in total. The van der Waals surface area contributed by atoms with Gasteiger partial charge in [-0.1, -0.05) is 13.8 Å². The number of nitrogens with two attached hydrogens (primary N) is 1. The van der Waals surface area contributed by atoms with E-state index in [-0.39, 0.29) is 17.8 Å². The fourth-order valence-electron chi connectivity index (χ4n) is 0.904. The molecule has 0 radical (unpaired) electrons. The van der Waals surface area contributed by atoms with Crippen LogP contribution in [0.5, 0.6) is 0 Å². The number of aromatic amines is 1. The minimum absolute atomic E-state index is 0.119. The Kier molecular flexibility index (Phi) is 2.62. The van der Waals surface area contributed by atoms with Gasteiger partial charge < -0.3 is 15.8 Å². The highest BCUT2D eigenvalue weighted by Crippen LogP contribution is 2.17. The molecule has 0 bridgehead atoms. The normalized spacial score (nSPS) is 13.2. The van der Waals surface area contributed by atoms with Crippen molar-refractivity contribution in [1.82, 2.24) is 9.97 Å². The minimum Gasteiger partial charge on any atom is -0.358 e. The molecule has 72 valence electrons. The number of imidazole rings is 1. The number of nitrogens with zero attached hydrogens (tertiary/aromatic N) is 2. The Hall–Kier alpha value is -1.43. The van der Waals surface area contributed by atoms with E-state index < -0.39 is 4.92 Å². The molecule has 0 saturated carbocycles. The monoisotopic (exact) mass is 184 g/mol. The summed E-state index contributed by atoms with van der Waals surface area (Å²) in [6.45, 7) is 3.86. The second-order valence-electron chi connectivity index (χ2n) is 3.18. The summed E-state index contributed by atoms with van der Waals surface area (Å²) in [4.78, 5) is 16.2. The summed E-state index contributed by atoms with van der Waals surface area (Å²) in [5.74, 6) is 0.540. The molecular weight excluding hydrogens is 172 g/mol. The molecule has 0 fully saturated rings. The summed E-state index contributed by atoms with van der Waals surface area (Å²) in [6, 6.07) is -0.284. The first kappa shape index (κ1) is 9.66. The Balaban J connectivity index is 2.85. The molecular formula is C7H12N4O2. The van der Waals surface area contributed by atoms with Crippen LogP contribution in [0.15, 0.2) is 6.20 Å². The van der Waals surface area contributed by atoms with Crippen LogP contribution in [-0.2, 0) is 0 Å². The van der Waals surface area contributed by atoms with Gasteiger partial charge in [-0.3, -0.25) is 0 Å². The van der Waals surface area contributed by atoms with Gasteiger partial charge in [0.25, 0.3) is 0 Å². The Morgan fingerprint density at radius 3 is 2.69 bits per heavy atom. The van der Waals surface area contributed by atoms with Crippen molar-refractivity contribution in [2.24, 2.45) is 11.7 Å². The first-order chi connectivity index (χ1) is 6.02. The van der Waals surface area contributed by atoms with Crippen LogP contribution in [0.3, 0.4) is 0 Å². The first-order valence-corrected chi connectivity index (χ1v) is 3.97. The van der Waals surface area contributed by atoms with Crippen LogP contribution >= 0.6 is 0 Å². The molecule has 6 nitrogen and oxygen atoms in total. The van der Waals surface area contributed by atoms with Crippen LogP contribution in [0.25, 0.3) is 0 Å². The van der Waals surface area contributed by atoms with Crippen LogP contribution in [0.2, 0.25) is 0 Å². The van der Waals surface area contributed by atoms with Gasteiger partial charge in [0, 0.05) is 0 Å². The van der Waals surface area contributed by atoms with Gasteiger partial charge in [-0.2, -0.15) is 0 Å². The predicted molar refractivity (Wildman–Crippen MR) is 47.0 cm³/mol. The molecule has 1 aromatic heterocycles. The van der Waals surface area contributed by atoms with Crippen molar-refractivity contribution in [2.45, 2.75) is 19.9 Å². The van der Waals surface area contributed by atoms with E-state index in [0.29, 0.717) is 5.82 Å². The van der Waals surface area contributed by atoms with Gasteiger partial charge in [-0.05, 0) is 10.8 Å². The quantitative estimate of drug-likeness (QED) is 0.540. The van der Waals surface area contributed by atoms with Crippen LogP contribution in [0.4, 0.5) is 5.82 Å². The Labute approximate surface area is 75.3 Å². The molecule has 1 aromatic rings. The maximum Gasteiger partial charge on any atom is 0.340 e. The van der Waals surface area contributed by atoms with Gasteiger partial charge in [0.15, 0.2) is 0 Å². The maximum atomic E-state index is 10.3. The number of hydrogen-bond donors (Lipinski definition) is 2. The summed E-state index contributed by atoms with van der Waals surface area (Å²) in [5.41, 5.74) is 5.73. The lowest BCUT2D eigenvalue weighted by Crippen LogP contribution is -2.18. The number of H-pyrrole nitrogens is 1. The highest BCUT2D eigenvalue weighted by Gasteiger charge is 2.19. The standard InChI is InChI=1S/C7H12N4O2/c1-4(2)6(8)7-9-3-5(10-7)11(12)13/h3-4,6H,8H2,1-2H3,(H,9,10)/t6-/m0/s1. The second-order valence-corrected chi connectivity index (χ2v) is 3.18. The van der Waals surface area contributed by atoms with Crippen molar-refractivity contribution < 1.29 is 4.92 Å². The third kappa shape index (κ3) is 2.03. The van der Waals surface area contributed by atoms with E-state index in [2.05, 4.69) is 9.97 Å². The predicted octanol–water partition coefficient (Wildman–Crippen LogP) is 0.974.